The highest BCUT2D eigenvalue weighted by Crippen LogP contribution is 2.19. The van der Waals surface area contributed by atoms with Gasteiger partial charge in [0.05, 0.1) is 6.04 Å². The largest absolute Gasteiger partial charge is 0.406 e. The number of piperazine rings is 1. The van der Waals surface area contributed by atoms with Gasteiger partial charge in [-0.3, -0.25) is 4.79 Å². The van der Waals surface area contributed by atoms with Crippen LogP contribution in [0.15, 0.2) is 0 Å². The van der Waals surface area contributed by atoms with Crippen LogP contribution >= 0.6 is 0 Å². The van der Waals surface area contributed by atoms with Gasteiger partial charge >= 0.3 is 6.18 Å². The summed E-state index contributed by atoms with van der Waals surface area (Å²) in [5.74, 6) is -0.498. The molecule has 1 amide bonds. The van der Waals surface area contributed by atoms with Crippen LogP contribution < -0.4 is 10.6 Å². The summed E-state index contributed by atoms with van der Waals surface area (Å²) in [6.45, 7) is 4.86. The summed E-state index contributed by atoms with van der Waals surface area (Å²) in [6, 6.07) is -0.824. The second-order valence-electron chi connectivity index (χ2n) is 4.95. The lowest BCUT2D eigenvalue weighted by Crippen LogP contribution is -2.61. The lowest BCUT2D eigenvalue weighted by Gasteiger charge is -2.35. The van der Waals surface area contributed by atoms with E-state index in [1.54, 1.807) is 13.8 Å². The lowest BCUT2D eigenvalue weighted by molar-refractivity contribution is -0.166. The third-order valence-electron chi connectivity index (χ3n) is 2.90. The Labute approximate surface area is 105 Å². The molecule has 0 aromatic carbocycles. The van der Waals surface area contributed by atoms with E-state index in [4.69, 9.17) is 0 Å². The number of halogens is 3. The first-order valence-electron chi connectivity index (χ1n) is 6.04. The van der Waals surface area contributed by atoms with E-state index in [1.165, 1.54) is 0 Å². The van der Waals surface area contributed by atoms with Gasteiger partial charge in [-0.05, 0) is 20.8 Å². The predicted octanol–water partition coefficient (Wildman–Crippen LogP) is 0.736. The van der Waals surface area contributed by atoms with E-state index in [-0.39, 0.29) is 6.04 Å². The molecule has 2 unspecified atom stereocenters. The van der Waals surface area contributed by atoms with Crippen molar-refractivity contribution in [3.8, 4) is 0 Å². The molecule has 1 heterocycles. The molecule has 7 heteroatoms. The van der Waals surface area contributed by atoms with Gasteiger partial charge in [-0.1, -0.05) is 0 Å². The molecular weight excluding hydrogens is 247 g/mol. The van der Waals surface area contributed by atoms with Gasteiger partial charge in [0.25, 0.3) is 0 Å². The molecule has 0 aliphatic carbocycles. The van der Waals surface area contributed by atoms with Crippen molar-refractivity contribution in [3.05, 3.63) is 0 Å². The van der Waals surface area contributed by atoms with Gasteiger partial charge in [0.2, 0.25) is 5.91 Å². The Morgan fingerprint density at radius 3 is 2.33 bits per heavy atom. The zero-order chi connectivity index (χ0) is 13.9. The van der Waals surface area contributed by atoms with Crippen molar-refractivity contribution in [2.45, 2.75) is 45.1 Å². The molecule has 2 N–H and O–H groups in total. The van der Waals surface area contributed by atoms with Gasteiger partial charge in [-0.2, -0.15) is 13.2 Å². The van der Waals surface area contributed by atoms with E-state index in [1.807, 2.05) is 6.92 Å². The molecule has 1 fully saturated rings. The van der Waals surface area contributed by atoms with Crippen molar-refractivity contribution >= 4 is 5.91 Å². The van der Waals surface area contributed by atoms with Crippen LogP contribution in [0.3, 0.4) is 0 Å². The number of carbonyl (C=O) groups excluding carboxylic acids is 1. The van der Waals surface area contributed by atoms with Crippen LogP contribution in [0.4, 0.5) is 13.2 Å². The number of alkyl halides is 3. The molecule has 0 aromatic rings. The molecule has 4 nitrogen and oxygen atoms in total. The van der Waals surface area contributed by atoms with Crippen LogP contribution in [0.25, 0.3) is 0 Å². The molecule has 0 bridgehead atoms. The molecule has 1 aliphatic heterocycles. The average molecular weight is 267 g/mol. The Morgan fingerprint density at radius 2 is 1.94 bits per heavy atom. The van der Waals surface area contributed by atoms with Gasteiger partial charge in [-0.25, -0.2) is 0 Å². The number of hydrogen-bond donors (Lipinski definition) is 2. The molecule has 1 saturated heterocycles. The number of carbonyl (C=O) groups is 1. The molecule has 0 radical (unpaired) electrons. The van der Waals surface area contributed by atoms with E-state index >= 15 is 0 Å². The van der Waals surface area contributed by atoms with E-state index in [0.29, 0.717) is 13.1 Å². The maximum Gasteiger partial charge on any atom is 0.406 e. The lowest BCUT2D eigenvalue weighted by atomic mass is 10.1. The maximum atomic E-state index is 12.4. The summed E-state index contributed by atoms with van der Waals surface area (Å²) in [5, 5.41) is 6.05. The Kier molecular flexibility index (Phi) is 4.98. The minimum absolute atomic E-state index is 0.226. The number of amides is 1. The van der Waals surface area contributed by atoms with E-state index in [0.717, 1.165) is 4.90 Å². The quantitative estimate of drug-likeness (QED) is 0.792. The van der Waals surface area contributed by atoms with Crippen molar-refractivity contribution in [1.29, 1.82) is 0 Å². The van der Waals surface area contributed by atoms with Gasteiger partial charge in [0.1, 0.15) is 6.54 Å². The number of nitrogens with one attached hydrogen (secondary N) is 2. The standard InChI is InChI=1S/C11H20F3N3O/c1-7(2)17(6-11(12,13)14)10(18)9-5-15-8(3)4-16-9/h7-9,15-16H,4-6H2,1-3H3. The van der Waals surface area contributed by atoms with Crippen molar-refractivity contribution in [3.63, 3.8) is 0 Å². The summed E-state index contributed by atoms with van der Waals surface area (Å²) in [7, 11) is 0. The fourth-order valence-electron chi connectivity index (χ4n) is 1.87. The molecule has 0 saturated carbocycles. The SMILES string of the molecule is CC1CNC(C(=O)N(CC(F)(F)F)C(C)C)CN1. The van der Waals surface area contributed by atoms with Crippen LogP contribution in [-0.4, -0.2) is 54.7 Å². The molecule has 1 aliphatic rings. The Balaban J connectivity index is 2.65. The second kappa shape index (κ2) is 5.88. The summed E-state index contributed by atoms with van der Waals surface area (Å²) in [6.07, 6.45) is -4.37. The molecule has 0 spiro atoms. The van der Waals surface area contributed by atoms with Crippen molar-refractivity contribution in [2.75, 3.05) is 19.6 Å². The third kappa shape index (κ3) is 4.45. The highest BCUT2D eigenvalue weighted by atomic mass is 19.4. The van der Waals surface area contributed by atoms with Gasteiger partial charge in [0, 0.05) is 25.2 Å². The first-order chi connectivity index (χ1) is 8.20. The van der Waals surface area contributed by atoms with Gasteiger partial charge in [-0.15, -0.1) is 0 Å². The van der Waals surface area contributed by atoms with Crippen molar-refractivity contribution in [1.82, 2.24) is 15.5 Å². The Morgan fingerprint density at radius 1 is 1.33 bits per heavy atom. The maximum absolute atomic E-state index is 12.4. The summed E-state index contributed by atoms with van der Waals surface area (Å²) in [5.41, 5.74) is 0. The van der Waals surface area contributed by atoms with E-state index in [2.05, 4.69) is 10.6 Å². The average Bonchev–Trinajstić information content (AvgIpc) is 2.24. The third-order valence-corrected chi connectivity index (χ3v) is 2.90. The Hall–Kier alpha value is -0.820. The van der Waals surface area contributed by atoms with Crippen LogP contribution in [-0.2, 0) is 4.79 Å². The molecule has 18 heavy (non-hydrogen) atoms. The summed E-state index contributed by atoms with van der Waals surface area (Å²) >= 11 is 0. The first kappa shape index (κ1) is 15.2. The highest BCUT2D eigenvalue weighted by molar-refractivity contribution is 5.82. The molecule has 0 aromatic heterocycles. The fourth-order valence-corrected chi connectivity index (χ4v) is 1.87. The predicted molar refractivity (Wildman–Crippen MR) is 62.2 cm³/mol. The zero-order valence-corrected chi connectivity index (χ0v) is 10.8. The topological polar surface area (TPSA) is 44.4 Å². The highest BCUT2D eigenvalue weighted by Gasteiger charge is 2.37. The summed E-state index contributed by atoms with van der Waals surface area (Å²) in [4.78, 5) is 12.9. The van der Waals surface area contributed by atoms with Crippen LogP contribution in [0, 0.1) is 0 Å². The minimum atomic E-state index is -4.37. The van der Waals surface area contributed by atoms with Crippen LogP contribution in [0.5, 0.6) is 0 Å². The number of rotatable bonds is 3. The van der Waals surface area contributed by atoms with Crippen LogP contribution in [0.1, 0.15) is 20.8 Å². The number of hydrogen-bond acceptors (Lipinski definition) is 3. The monoisotopic (exact) mass is 267 g/mol. The minimum Gasteiger partial charge on any atom is -0.330 e. The van der Waals surface area contributed by atoms with E-state index < -0.39 is 30.7 Å². The van der Waals surface area contributed by atoms with Crippen LogP contribution in [0.2, 0.25) is 0 Å². The van der Waals surface area contributed by atoms with E-state index in [9.17, 15) is 18.0 Å². The fraction of sp³-hybridized carbons (Fsp3) is 0.909. The normalized spacial score (nSPS) is 25.3. The Bertz CT molecular complexity index is 286. The molecule has 106 valence electrons. The number of nitrogens with zero attached hydrogens (tertiary/aromatic N) is 1. The van der Waals surface area contributed by atoms with Gasteiger partial charge in [0.15, 0.2) is 0 Å². The molecular formula is C11H20F3N3O. The van der Waals surface area contributed by atoms with Gasteiger partial charge < -0.3 is 15.5 Å². The van der Waals surface area contributed by atoms with Crippen molar-refractivity contribution < 1.29 is 18.0 Å². The molecule has 2 atom stereocenters. The summed E-state index contributed by atoms with van der Waals surface area (Å²) < 4.78 is 37.3. The first-order valence-corrected chi connectivity index (χ1v) is 6.04. The zero-order valence-electron chi connectivity index (χ0n) is 10.8. The van der Waals surface area contributed by atoms with Crippen molar-refractivity contribution in [2.24, 2.45) is 0 Å². The second-order valence-corrected chi connectivity index (χ2v) is 4.95. The smallest absolute Gasteiger partial charge is 0.330 e. The molecule has 1 rings (SSSR count).